The number of esters is 1. The predicted molar refractivity (Wildman–Crippen MR) is 321 cm³/mol. The van der Waals surface area contributed by atoms with E-state index in [9.17, 15) is 29.1 Å². The lowest BCUT2D eigenvalue weighted by Crippen LogP contribution is -2.62. The first kappa shape index (κ1) is 66.8. The number of likely N-dealkylation sites (tertiary alicyclic amines) is 1. The highest BCUT2D eigenvalue weighted by molar-refractivity contribution is 7.60. The minimum absolute atomic E-state index is 0. The van der Waals surface area contributed by atoms with Crippen LogP contribution in [0, 0.1) is 17.3 Å². The molecule has 21 heteroatoms. The normalized spacial score (nSPS) is 19.3. The topological polar surface area (TPSA) is 179 Å². The Bertz CT molecular complexity index is 2650. The number of aromatic nitrogens is 2. The van der Waals surface area contributed by atoms with Crippen molar-refractivity contribution in [2.45, 2.75) is 104 Å². The molecule has 416 valence electrons. The zero-order valence-electron chi connectivity index (χ0n) is 45.1. The molecule has 3 aliphatic heterocycles. The van der Waals surface area contributed by atoms with Crippen LogP contribution in [0.5, 0.6) is 5.75 Å². The summed E-state index contributed by atoms with van der Waals surface area (Å²) in [5, 5.41) is 16.8. The second-order valence-corrected chi connectivity index (χ2v) is 20.6. The van der Waals surface area contributed by atoms with Crippen molar-refractivity contribution in [3.63, 3.8) is 0 Å². The van der Waals surface area contributed by atoms with Gasteiger partial charge in [0.1, 0.15) is 23.9 Å². The third kappa shape index (κ3) is 15.4. The Labute approximate surface area is 478 Å². The van der Waals surface area contributed by atoms with Crippen LogP contribution < -0.4 is 10.7 Å². The number of benzene rings is 2. The average molecular weight is 1130 g/mol. The molecule has 75 heavy (non-hydrogen) atoms. The van der Waals surface area contributed by atoms with Gasteiger partial charge in [0, 0.05) is 87.5 Å². The molecule has 3 aliphatic rings. The van der Waals surface area contributed by atoms with Gasteiger partial charge in [0.05, 0.1) is 30.0 Å². The predicted octanol–water partition coefficient (Wildman–Crippen LogP) is 6.46. The summed E-state index contributed by atoms with van der Waals surface area (Å²) in [7, 11) is 7.10. The Hall–Kier alpha value is -4.35. The number of likely N-dealkylation sites (N-methyl/N-ethyl adjacent to an activating group) is 2. The number of cyclic esters (lactones) is 1. The van der Waals surface area contributed by atoms with Gasteiger partial charge in [-0.1, -0.05) is 45.9 Å². The van der Waals surface area contributed by atoms with Crippen LogP contribution in [-0.2, 0) is 52.8 Å². The van der Waals surface area contributed by atoms with Crippen molar-refractivity contribution in [2.75, 3.05) is 61.0 Å². The third-order valence-electron chi connectivity index (χ3n) is 13.9. The van der Waals surface area contributed by atoms with Crippen LogP contribution >= 0.6 is 67.5 Å². The van der Waals surface area contributed by atoms with E-state index >= 15 is 0 Å². The molecular formula is C54H82N8O8S5. The van der Waals surface area contributed by atoms with Crippen LogP contribution in [0.15, 0.2) is 66.9 Å². The molecular weight excluding hydrogens is 1050 g/mol. The van der Waals surface area contributed by atoms with Gasteiger partial charge in [-0.25, -0.2) is 5.43 Å². The molecule has 7 rings (SSSR count). The minimum atomic E-state index is -1.17. The molecule has 0 aliphatic carbocycles. The molecule has 4 aromatic rings. The monoisotopic (exact) mass is 1130 g/mol. The molecule has 0 unspecified atom stereocenters. The summed E-state index contributed by atoms with van der Waals surface area (Å²) in [4.78, 5) is 80.3. The molecule has 2 aromatic heterocycles. The Balaban J connectivity index is 0.00000385. The molecule has 0 radical (unpaired) electrons. The molecule has 16 nitrogen and oxygen atoms in total. The van der Waals surface area contributed by atoms with Crippen molar-refractivity contribution in [3.8, 4) is 28.1 Å². The fourth-order valence-electron chi connectivity index (χ4n) is 10.3. The quantitative estimate of drug-likeness (QED) is 0.105. The van der Waals surface area contributed by atoms with Crippen LogP contribution in [0.25, 0.3) is 33.3 Å². The first-order valence-electron chi connectivity index (χ1n) is 24.7. The fraction of sp³-hybridized carbons (Fsp3) is 0.519. The van der Waals surface area contributed by atoms with Crippen molar-refractivity contribution in [2.24, 2.45) is 17.3 Å². The number of nitrogens with one attached hydrogen (secondary N) is 2. The number of ether oxygens (including phenoxy) is 2. The second kappa shape index (κ2) is 28.9. The fourth-order valence-corrected chi connectivity index (χ4v) is 10.3. The number of pyridine rings is 1. The van der Waals surface area contributed by atoms with Crippen molar-refractivity contribution in [3.05, 3.63) is 83.7 Å². The number of hydrogen-bond acceptors (Lipinski definition) is 11. The average Bonchev–Trinajstić information content (AvgIpc) is 3.94. The van der Waals surface area contributed by atoms with Gasteiger partial charge in [-0.3, -0.25) is 34.0 Å². The van der Waals surface area contributed by atoms with Gasteiger partial charge in [0.15, 0.2) is 0 Å². The number of nitrogens with zero attached hydrogens (tertiary/aromatic N) is 6. The third-order valence-corrected chi connectivity index (χ3v) is 13.9. The minimum Gasteiger partial charge on any atom is -0.508 e. The number of amides is 4. The van der Waals surface area contributed by atoms with Gasteiger partial charge >= 0.3 is 5.97 Å². The van der Waals surface area contributed by atoms with E-state index in [1.165, 1.54) is 16.0 Å². The number of carbonyl (C=O) groups is 5. The SMILES string of the molecule is CCn1c(-c2cccnc2[C@H](C)OC)c2c3cc(ccc31)-c1cc(O)cc(c1)C[C@H](NC(=O)[C@H](C(C)C)N(C)C(=O)[C@H]1CCN(C(=O)/C=C/CN(C)C)C1)C(=O)N1CCC[C@H](N1)C(=O)OCC(C)(C)C2.S.S.S.S.S. The van der Waals surface area contributed by atoms with E-state index in [2.05, 4.69) is 54.3 Å². The van der Waals surface area contributed by atoms with E-state index in [1.807, 2.05) is 58.0 Å². The molecule has 5 atom stereocenters. The molecule has 5 heterocycles. The molecule has 2 fully saturated rings. The van der Waals surface area contributed by atoms with E-state index in [4.69, 9.17) is 14.5 Å². The van der Waals surface area contributed by atoms with Crippen LogP contribution in [0.2, 0.25) is 0 Å². The van der Waals surface area contributed by atoms with E-state index in [0.717, 1.165) is 44.5 Å². The van der Waals surface area contributed by atoms with Crippen molar-refractivity contribution in [1.29, 1.82) is 0 Å². The molecule has 4 amide bonds. The highest BCUT2D eigenvalue weighted by Gasteiger charge is 2.40. The largest absolute Gasteiger partial charge is 0.508 e. The Morgan fingerprint density at radius 2 is 1.71 bits per heavy atom. The van der Waals surface area contributed by atoms with Crippen molar-refractivity contribution < 1.29 is 38.6 Å². The summed E-state index contributed by atoms with van der Waals surface area (Å²) in [5.74, 6) is -2.76. The summed E-state index contributed by atoms with van der Waals surface area (Å²) in [5.41, 5.74) is 9.54. The first-order chi connectivity index (χ1) is 33.3. The van der Waals surface area contributed by atoms with Gasteiger partial charge in [-0.05, 0) is 118 Å². The number of aromatic hydroxyl groups is 1. The van der Waals surface area contributed by atoms with Gasteiger partial charge < -0.3 is 39.2 Å². The Kier molecular flexibility index (Phi) is 25.7. The molecule has 2 saturated heterocycles. The maximum absolute atomic E-state index is 14.8. The van der Waals surface area contributed by atoms with Gasteiger partial charge in [0.2, 0.25) is 17.7 Å². The number of phenols is 1. The van der Waals surface area contributed by atoms with E-state index in [0.29, 0.717) is 50.9 Å². The lowest BCUT2D eigenvalue weighted by atomic mass is 9.84. The zero-order chi connectivity index (χ0) is 50.6. The van der Waals surface area contributed by atoms with Gasteiger partial charge in [-0.15, -0.1) is 0 Å². The number of rotatable bonds is 12. The number of methoxy groups -OCH3 is 1. The van der Waals surface area contributed by atoms with Crippen LogP contribution in [0.1, 0.15) is 83.7 Å². The smallest absolute Gasteiger partial charge is 0.324 e. The highest BCUT2D eigenvalue weighted by Crippen LogP contribution is 2.42. The molecule has 2 aromatic carbocycles. The maximum atomic E-state index is 14.8. The molecule has 0 spiro atoms. The number of fused-ring (bicyclic) bond motifs is 6. The van der Waals surface area contributed by atoms with E-state index < -0.39 is 47.2 Å². The zero-order valence-corrected chi connectivity index (χ0v) is 50.1. The summed E-state index contributed by atoms with van der Waals surface area (Å²) < 4.78 is 14.2. The Morgan fingerprint density at radius 1 is 0.987 bits per heavy atom. The van der Waals surface area contributed by atoms with E-state index in [1.54, 1.807) is 43.5 Å². The van der Waals surface area contributed by atoms with Crippen LogP contribution in [-0.4, -0.2) is 143 Å². The maximum Gasteiger partial charge on any atom is 0.324 e. The number of hydrazine groups is 1. The second-order valence-electron chi connectivity index (χ2n) is 20.6. The van der Waals surface area contributed by atoms with Gasteiger partial charge in [-0.2, -0.15) is 67.5 Å². The number of phenolic OH excluding ortho intramolecular Hbond substituents is 1. The summed E-state index contributed by atoms with van der Waals surface area (Å²) in [6.07, 6.45) is 6.75. The lowest BCUT2D eigenvalue weighted by molar-refractivity contribution is -0.155. The molecule has 0 saturated carbocycles. The van der Waals surface area contributed by atoms with Crippen molar-refractivity contribution >= 4 is 108 Å². The van der Waals surface area contributed by atoms with Crippen LogP contribution in [0.3, 0.4) is 0 Å². The van der Waals surface area contributed by atoms with Crippen molar-refractivity contribution in [1.82, 2.24) is 40.0 Å². The first-order valence-corrected chi connectivity index (χ1v) is 24.7. The number of aryl methyl sites for hydroxylation is 1. The summed E-state index contributed by atoms with van der Waals surface area (Å²) in [6.45, 7) is 14.3. The summed E-state index contributed by atoms with van der Waals surface area (Å²) >= 11 is 0. The number of carbonyl (C=O) groups excluding carboxylic acids is 5. The Morgan fingerprint density at radius 3 is 2.37 bits per heavy atom. The number of hydrogen-bond donors (Lipinski definition) is 3. The van der Waals surface area contributed by atoms with E-state index in [-0.39, 0.29) is 123 Å². The van der Waals surface area contributed by atoms with Crippen LogP contribution in [0.4, 0.5) is 0 Å². The van der Waals surface area contributed by atoms with Gasteiger partial charge in [0.25, 0.3) is 5.91 Å². The lowest BCUT2D eigenvalue weighted by Gasteiger charge is -2.37. The molecule has 6 bridgehead atoms. The standard InChI is InChI=1S/C54H72N8O8.5H2S/c1-11-61-45-19-18-36-29-41(45)42(49(61)40-15-12-21-55-47(40)34(4)69-10)30-54(5,6)32-70-53(68)43-16-13-23-62(57-43)52(67)44(27-35-25-38(36)28-39(63)26-35)56-50(65)48(33(2)3)59(9)51(66)37-20-24-60(31-37)46(64)17-14-22-58(7)8;;;;;/h12,14-15,17-19,21,25-26,28-29,33-34,37,43-44,48,57,63H,11,13,16,20,22-24,27,30-32H2,1-10H3,(H,56,65);5*1H2/b17-14+;;;;;/t34-,37-,43-,44-,48-;;;;;/m0...../s1. The highest BCUT2D eigenvalue weighted by atomic mass is 32.1. The summed E-state index contributed by atoms with van der Waals surface area (Å²) in [6, 6.07) is 12.5. The molecule has 3 N–H and O–H groups in total.